The van der Waals surface area contributed by atoms with E-state index in [4.69, 9.17) is 19.2 Å². The molecule has 2 aromatic rings. The van der Waals surface area contributed by atoms with Crippen LogP contribution >= 0.6 is 11.3 Å². The second-order valence-corrected chi connectivity index (χ2v) is 7.06. The zero-order valence-electron chi connectivity index (χ0n) is 14.1. The lowest BCUT2D eigenvalue weighted by Gasteiger charge is -2.36. The molecule has 0 radical (unpaired) electrons. The number of anilines is 1. The highest BCUT2D eigenvalue weighted by molar-refractivity contribution is 7.22. The molecule has 25 heavy (non-hydrogen) atoms. The Kier molecular flexibility index (Phi) is 4.74. The molecule has 4 rings (SSSR count). The summed E-state index contributed by atoms with van der Waals surface area (Å²) >= 11 is 1.62. The Labute approximate surface area is 150 Å². The maximum Gasteiger partial charge on any atom is 0.253 e. The van der Waals surface area contributed by atoms with E-state index in [1.54, 1.807) is 18.4 Å². The lowest BCUT2D eigenvalue weighted by Crippen LogP contribution is -2.53. The summed E-state index contributed by atoms with van der Waals surface area (Å²) in [5.41, 5.74) is 0.868. The van der Waals surface area contributed by atoms with Crippen LogP contribution in [-0.4, -0.2) is 75.0 Å². The monoisotopic (exact) mass is 363 g/mol. The van der Waals surface area contributed by atoms with Crippen LogP contribution in [0.4, 0.5) is 5.13 Å². The van der Waals surface area contributed by atoms with Crippen LogP contribution in [0, 0.1) is 0 Å². The van der Waals surface area contributed by atoms with E-state index in [9.17, 15) is 4.79 Å². The highest BCUT2D eigenvalue weighted by Crippen LogP contribution is 2.34. The fourth-order valence-electron chi connectivity index (χ4n) is 3.17. The molecule has 1 aromatic heterocycles. The van der Waals surface area contributed by atoms with Gasteiger partial charge in [0.15, 0.2) is 11.2 Å². The summed E-state index contributed by atoms with van der Waals surface area (Å²) in [4.78, 5) is 21.4. The van der Waals surface area contributed by atoms with Gasteiger partial charge in [-0.05, 0) is 12.1 Å². The van der Waals surface area contributed by atoms with Crippen molar-refractivity contribution in [1.29, 1.82) is 0 Å². The van der Waals surface area contributed by atoms with Crippen LogP contribution < -0.4 is 9.64 Å². The molecular formula is C17H21N3O4S. The summed E-state index contributed by atoms with van der Waals surface area (Å²) < 4.78 is 17.5. The first kappa shape index (κ1) is 16.6. The number of aromatic nitrogens is 1. The summed E-state index contributed by atoms with van der Waals surface area (Å²) in [6.07, 6.45) is -0.444. The number of para-hydroxylation sites is 1. The molecule has 0 aliphatic carbocycles. The van der Waals surface area contributed by atoms with Gasteiger partial charge in [0, 0.05) is 19.6 Å². The minimum atomic E-state index is -0.444. The SMILES string of the molecule is COc1cccc2sc(N3CCOC(C(=O)N4CCOCC4)C3)nc12. The van der Waals surface area contributed by atoms with E-state index in [-0.39, 0.29) is 5.91 Å². The number of carbonyl (C=O) groups excluding carboxylic acids is 1. The molecule has 0 N–H and O–H groups in total. The van der Waals surface area contributed by atoms with Crippen molar-refractivity contribution >= 4 is 32.6 Å². The predicted molar refractivity (Wildman–Crippen MR) is 95.5 cm³/mol. The third-order valence-corrected chi connectivity index (χ3v) is 5.61. The zero-order valence-corrected chi connectivity index (χ0v) is 15.0. The highest BCUT2D eigenvalue weighted by Gasteiger charge is 2.32. The maximum absolute atomic E-state index is 12.7. The van der Waals surface area contributed by atoms with Crippen LogP contribution in [0.25, 0.3) is 10.2 Å². The number of thiazole rings is 1. The smallest absolute Gasteiger partial charge is 0.253 e. The molecular weight excluding hydrogens is 342 g/mol. The number of hydrogen-bond acceptors (Lipinski definition) is 7. The van der Waals surface area contributed by atoms with Crippen LogP contribution in [0.5, 0.6) is 5.75 Å². The molecule has 1 amide bonds. The van der Waals surface area contributed by atoms with Crippen molar-refractivity contribution in [1.82, 2.24) is 9.88 Å². The molecule has 1 unspecified atom stereocenters. The summed E-state index contributed by atoms with van der Waals surface area (Å²) in [7, 11) is 1.65. The van der Waals surface area contributed by atoms with Gasteiger partial charge in [-0.1, -0.05) is 17.4 Å². The second kappa shape index (κ2) is 7.15. The fourth-order valence-corrected chi connectivity index (χ4v) is 4.19. The molecule has 0 bridgehead atoms. The molecule has 0 spiro atoms. The number of ether oxygens (including phenoxy) is 3. The number of methoxy groups -OCH3 is 1. The van der Waals surface area contributed by atoms with Gasteiger partial charge in [-0.25, -0.2) is 4.98 Å². The topological polar surface area (TPSA) is 64.1 Å². The van der Waals surface area contributed by atoms with E-state index in [1.807, 2.05) is 23.1 Å². The number of fused-ring (bicyclic) bond motifs is 1. The minimum absolute atomic E-state index is 0.0479. The lowest BCUT2D eigenvalue weighted by molar-refractivity contribution is -0.148. The van der Waals surface area contributed by atoms with Crippen molar-refractivity contribution in [2.75, 3.05) is 58.0 Å². The van der Waals surface area contributed by atoms with Gasteiger partial charge >= 0.3 is 0 Å². The molecule has 8 heteroatoms. The normalized spacial score (nSPS) is 21.6. The van der Waals surface area contributed by atoms with Crippen LogP contribution in [-0.2, 0) is 14.3 Å². The summed E-state index contributed by atoms with van der Waals surface area (Å²) in [6, 6.07) is 5.92. The van der Waals surface area contributed by atoms with Gasteiger partial charge in [-0.2, -0.15) is 0 Å². The van der Waals surface area contributed by atoms with Crippen molar-refractivity contribution in [3.05, 3.63) is 18.2 Å². The zero-order chi connectivity index (χ0) is 17.2. The molecule has 134 valence electrons. The molecule has 1 aromatic carbocycles. The number of morpholine rings is 2. The largest absolute Gasteiger partial charge is 0.494 e. The molecule has 3 heterocycles. The van der Waals surface area contributed by atoms with E-state index >= 15 is 0 Å². The Morgan fingerprint density at radius 3 is 2.92 bits per heavy atom. The third-order valence-electron chi connectivity index (χ3n) is 4.53. The van der Waals surface area contributed by atoms with Gasteiger partial charge in [0.05, 0.1) is 38.2 Å². The van der Waals surface area contributed by atoms with Gasteiger partial charge in [0.1, 0.15) is 11.3 Å². The molecule has 2 aliphatic rings. The van der Waals surface area contributed by atoms with Crippen LogP contribution in [0.15, 0.2) is 18.2 Å². The van der Waals surface area contributed by atoms with E-state index in [1.165, 1.54) is 0 Å². The first-order valence-electron chi connectivity index (χ1n) is 8.43. The molecule has 2 saturated heterocycles. The molecule has 2 fully saturated rings. The first-order chi connectivity index (χ1) is 12.3. The van der Waals surface area contributed by atoms with Gasteiger partial charge in [-0.3, -0.25) is 4.79 Å². The van der Waals surface area contributed by atoms with Crippen LogP contribution in [0.3, 0.4) is 0 Å². The van der Waals surface area contributed by atoms with Crippen LogP contribution in [0.2, 0.25) is 0 Å². The van der Waals surface area contributed by atoms with Crippen molar-refractivity contribution in [3.63, 3.8) is 0 Å². The van der Waals surface area contributed by atoms with E-state index in [0.717, 1.165) is 27.6 Å². The number of hydrogen-bond donors (Lipinski definition) is 0. The lowest BCUT2D eigenvalue weighted by atomic mass is 10.2. The molecule has 7 nitrogen and oxygen atoms in total. The minimum Gasteiger partial charge on any atom is -0.494 e. The Balaban J connectivity index is 1.52. The second-order valence-electron chi connectivity index (χ2n) is 6.05. The Morgan fingerprint density at radius 2 is 2.12 bits per heavy atom. The standard InChI is InChI=1S/C17H21N3O4S/c1-22-12-3-2-4-14-15(12)18-17(25-14)20-7-10-24-13(11-20)16(21)19-5-8-23-9-6-19/h2-4,13H,5-11H2,1H3. The van der Waals surface area contributed by atoms with Gasteiger partial charge in [0.2, 0.25) is 0 Å². The quantitative estimate of drug-likeness (QED) is 0.821. The number of nitrogens with zero attached hydrogens (tertiary/aromatic N) is 3. The van der Waals surface area contributed by atoms with Crippen molar-refractivity contribution in [3.8, 4) is 5.75 Å². The first-order valence-corrected chi connectivity index (χ1v) is 9.24. The maximum atomic E-state index is 12.7. The number of amides is 1. The number of benzene rings is 1. The number of rotatable bonds is 3. The Hall–Kier alpha value is -1.90. The summed E-state index contributed by atoms with van der Waals surface area (Å²) in [6.45, 7) is 4.24. The molecule has 1 atom stereocenters. The highest BCUT2D eigenvalue weighted by atomic mass is 32.1. The Bertz CT molecular complexity index is 759. The molecule has 2 aliphatic heterocycles. The summed E-state index contributed by atoms with van der Waals surface area (Å²) in [5, 5.41) is 0.905. The molecule has 0 saturated carbocycles. The fraction of sp³-hybridized carbons (Fsp3) is 0.529. The predicted octanol–water partition coefficient (Wildman–Crippen LogP) is 1.37. The van der Waals surface area contributed by atoms with Crippen LogP contribution in [0.1, 0.15) is 0 Å². The van der Waals surface area contributed by atoms with E-state index in [0.29, 0.717) is 39.5 Å². The van der Waals surface area contributed by atoms with Crippen molar-refractivity contribution in [2.24, 2.45) is 0 Å². The Morgan fingerprint density at radius 1 is 1.28 bits per heavy atom. The number of carbonyl (C=O) groups is 1. The van der Waals surface area contributed by atoms with Crippen molar-refractivity contribution in [2.45, 2.75) is 6.10 Å². The van der Waals surface area contributed by atoms with E-state index < -0.39 is 6.10 Å². The average Bonchev–Trinajstić information content (AvgIpc) is 3.12. The summed E-state index contributed by atoms with van der Waals surface area (Å²) in [5.74, 6) is 0.820. The van der Waals surface area contributed by atoms with Crippen molar-refractivity contribution < 1.29 is 19.0 Å². The van der Waals surface area contributed by atoms with Gasteiger partial charge in [0.25, 0.3) is 5.91 Å². The average molecular weight is 363 g/mol. The van der Waals surface area contributed by atoms with Gasteiger partial charge < -0.3 is 24.0 Å². The third kappa shape index (κ3) is 3.29. The van der Waals surface area contributed by atoms with Gasteiger partial charge in [-0.15, -0.1) is 0 Å². The van der Waals surface area contributed by atoms with E-state index in [2.05, 4.69) is 4.90 Å².